The van der Waals surface area contributed by atoms with Crippen LogP contribution in [0.3, 0.4) is 0 Å². The number of aromatic nitrogens is 1. The molecule has 0 aliphatic carbocycles. The summed E-state index contributed by atoms with van der Waals surface area (Å²) >= 11 is 0. The van der Waals surface area contributed by atoms with Crippen LogP contribution in [-0.2, 0) is 14.8 Å². The first-order valence-electron chi connectivity index (χ1n) is 6.37. The summed E-state index contributed by atoms with van der Waals surface area (Å²) < 4.78 is 26.7. The molecule has 0 saturated carbocycles. The van der Waals surface area contributed by atoms with Gasteiger partial charge in [-0.15, -0.1) is 0 Å². The molecule has 8 nitrogen and oxygen atoms in total. The highest BCUT2D eigenvalue weighted by Crippen LogP contribution is 2.18. The monoisotopic (exact) mass is 335 g/mol. The fourth-order valence-electron chi connectivity index (χ4n) is 1.75. The van der Waals surface area contributed by atoms with Crippen LogP contribution in [0.15, 0.2) is 47.6 Å². The molecule has 0 unspecified atom stereocenters. The van der Waals surface area contributed by atoms with Crippen LogP contribution < -0.4 is 10.0 Å². The van der Waals surface area contributed by atoms with E-state index in [1.807, 2.05) is 0 Å². The largest absolute Gasteiger partial charge is 0.478 e. The topological polar surface area (TPSA) is 125 Å². The fourth-order valence-corrected chi connectivity index (χ4v) is 2.78. The van der Waals surface area contributed by atoms with Gasteiger partial charge in [0.25, 0.3) is 10.0 Å². The molecule has 0 aliphatic heterocycles. The number of carboxylic acids is 1. The third kappa shape index (κ3) is 4.27. The first-order valence-corrected chi connectivity index (χ1v) is 7.85. The van der Waals surface area contributed by atoms with E-state index < -0.39 is 16.0 Å². The van der Waals surface area contributed by atoms with Crippen molar-refractivity contribution in [3.8, 4) is 0 Å². The Morgan fingerprint density at radius 2 is 1.74 bits per heavy atom. The molecule has 1 aromatic carbocycles. The quantitative estimate of drug-likeness (QED) is 0.761. The maximum Gasteiger partial charge on any atom is 0.337 e. The predicted molar refractivity (Wildman–Crippen MR) is 82.8 cm³/mol. The minimum absolute atomic E-state index is 0.0349. The molecule has 0 aliphatic rings. The number of anilines is 2. The number of hydrogen-bond acceptors (Lipinski definition) is 5. The Balaban J connectivity index is 2.23. The minimum atomic E-state index is -3.90. The Morgan fingerprint density at radius 1 is 1.09 bits per heavy atom. The van der Waals surface area contributed by atoms with Gasteiger partial charge < -0.3 is 10.4 Å². The number of pyridine rings is 1. The molecule has 2 rings (SSSR count). The highest BCUT2D eigenvalue weighted by atomic mass is 32.2. The number of carbonyl (C=O) groups is 2. The summed E-state index contributed by atoms with van der Waals surface area (Å²) in [6.45, 7) is 1.34. The molecule has 3 N–H and O–H groups in total. The van der Waals surface area contributed by atoms with E-state index >= 15 is 0 Å². The van der Waals surface area contributed by atoms with Crippen molar-refractivity contribution in [3.63, 3.8) is 0 Å². The third-order valence-electron chi connectivity index (χ3n) is 2.72. The Morgan fingerprint density at radius 3 is 2.30 bits per heavy atom. The summed E-state index contributed by atoms with van der Waals surface area (Å²) in [5.41, 5.74) is 0.369. The van der Waals surface area contributed by atoms with E-state index in [1.54, 1.807) is 0 Å². The highest BCUT2D eigenvalue weighted by molar-refractivity contribution is 7.92. The van der Waals surface area contributed by atoms with Gasteiger partial charge in [-0.3, -0.25) is 14.5 Å². The molecule has 0 bridgehead atoms. The summed E-state index contributed by atoms with van der Waals surface area (Å²) in [4.78, 5) is 25.4. The zero-order chi connectivity index (χ0) is 17.0. The van der Waals surface area contributed by atoms with Crippen molar-refractivity contribution < 1.29 is 23.1 Å². The average molecular weight is 335 g/mol. The van der Waals surface area contributed by atoms with E-state index in [4.69, 9.17) is 5.11 Å². The van der Waals surface area contributed by atoms with E-state index in [-0.39, 0.29) is 22.1 Å². The lowest BCUT2D eigenvalue weighted by molar-refractivity contribution is -0.114. The van der Waals surface area contributed by atoms with Gasteiger partial charge in [-0.25, -0.2) is 13.2 Å². The molecule has 2 aromatic rings. The average Bonchev–Trinajstić information content (AvgIpc) is 2.47. The van der Waals surface area contributed by atoms with Crippen molar-refractivity contribution in [1.29, 1.82) is 0 Å². The molecule has 1 heterocycles. The van der Waals surface area contributed by atoms with Crippen molar-refractivity contribution >= 4 is 33.3 Å². The van der Waals surface area contributed by atoms with Gasteiger partial charge in [0, 0.05) is 18.8 Å². The predicted octanol–water partition coefficient (Wildman–Crippen LogP) is 1.54. The molecule has 0 atom stereocenters. The van der Waals surface area contributed by atoms with Gasteiger partial charge >= 0.3 is 5.97 Å². The van der Waals surface area contributed by atoms with Crippen LogP contribution in [0.4, 0.5) is 11.4 Å². The van der Waals surface area contributed by atoms with E-state index in [0.29, 0.717) is 5.69 Å². The summed E-state index contributed by atoms with van der Waals surface area (Å²) in [7, 11) is -3.90. The number of rotatable bonds is 5. The van der Waals surface area contributed by atoms with Gasteiger partial charge in [0.15, 0.2) is 0 Å². The minimum Gasteiger partial charge on any atom is -0.478 e. The second-order valence-electron chi connectivity index (χ2n) is 4.58. The molecule has 120 valence electrons. The lowest BCUT2D eigenvalue weighted by Gasteiger charge is -2.09. The second kappa shape index (κ2) is 6.44. The lowest BCUT2D eigenvalue weighted by atomic mass is 10.3. The molecule has 1 aromatic heterocycles. The molecule has 0 saturated heterocycles. The fraction of sp³-hybridized carbons (Fsp3) is 0.0714. The number of sulfonamides is 1. The number of carboxylic acid groups (broad SMARTS) is 1. The third-order valence-corrected chi connectivity index (χ3v) is 4.12. The highest BCUT2D eigenvalue weighted by Gasteiger charge is 2.15. The summed E-state index contributed by atoms with van der Waals surface area (Å²) in [6.07, 6.45) is 2.32. The van der Waals surface area contributed by atoms with Gasteiger partial charge in [-0.2, -0.15) is 0 Å². The number of amides is 1. The van der Waals surface area contributed by atoms with Crippen LogP contribution in [0.5, 0.6) is 0 Å². The SMILES string of the molecule is CC(=O)Nc1ccc(S(=O)(=O)Nc2cncc(C(=O)O)c2)cc1. The Bertz CT molecular complexity index is 847. The number of aromatic carboxylic acids is 1. The zero-order valence-corrected chi connectivity index (χ0v) is 12.8. The first kappa shape index (κ1) is 16.4. The molecular weight excluding hydrogens is 322 g/mol. The maximum atomic E-state index is 12.2. The molecule has 9 heteroatoms. The zero-order valence-electron chi connectivity index (χ0n) is 12.0. The summed E-state index contributed by atoms with van der Waals surface area (Å²) in [5.74, 6) is -1.48. The molecule has 0 fully saturated rings. The van der Waals surface area contributed by atoms with Crippen LogP contribution in [0.25, 0.3) is 0 Å². The number of nitrogens with one attached hydrogen (secondary N) is 2. The first-order chi connectivity index (χ1) is 10.8. The standard InChI is InChI=1S/C14H13N3O5S/c1-9(18)16-11-2-4-13(5-3-11)23(21,22)17-12-6-10(14(19)20)7-15-8-12/h2-8,17H,1H3,(H,16,18)(H,19,20). The van der Waals surface area contributed by atoms with Crippen LogP contribution in [0.2, 0.25) is 0 Å². The van der Waals surface area contributed by atoms with Crippen molar-refractivity contribution in [2.75, 3.05) is 10.0 Å². The normalized spacial score (nSPS) is 10.8. The number of benzene rings is 1. The summed E-state index contributed by atoms with van der Waals surface area (Å²) in [5, 5.41) is 11.4. The van der Waals surface area contributed by atoms with Crippen LogP contribution in [0.1, 0.15) is 17.3 Å². The Labute approximate surface area is 132 Å². The van der Waals surface area contributed by atoms with E-state index in [2.05, 4.69) is 15.0 Å². The Hall–Kier alpha value is -2.94. The van der Waals surface area contributed by atoms with Gasteiger partial charge in [-0.1, -0.05) is 0 Å². The maximum absolute atomic E-state index is 12.2. The van der Waals surface area contributed by atoms with Gasteiger partial charge in [0.05, 0.1) is 22.3 Å². The number of nitrogens with zero attached hydrogens (tertiary/aromatic N) is 1. The van der Waals surface area contributed by atoms with Crippen molar-refractivity contribution in [2.45, 2.75) is 11.8 Å². The van der Waals surface area contributed by atoms with Crippen LogP contribution in [0, 0.1) is 0 Å². The van der Waals surface area contributed by atoms with Gasteiger partial charge in [0.2, 0.25) is 5.91 Å². The van der Waals surface area contributed by atoms with Crippen LogP contribution >= 0.6 is 0 Å². The molecule has 1 amide bonds. The van der Waals surface area contributed by atoms with Crippen molar-refractivity contribution in [1.82, 2.24) is 4.98 Å². The number of carbonyl (C=O) groups excluding carboxylic acids is 1. The molecule has 0 radical (unpaired) electrons. The Kier molecular flexibility index (Phi) is 4.60. The van der Waals surface area contributed by atoms with Crippen molar-refractivity contribution in [2.24, 2.45) is 0 Å². The lowest BCUT2D eigenvalue weighted by Crippen LogP contribution is -2.14. The van der Waals surface area contributed by atoms with Crippen LogP contribution in [-0.4, -0.2) is 30.4 Å². The van der Waals surface area contributed by atoms with Crippen molar-refractivity contribution in [3.05, 3.63) is 48.3 Å². The summed E-state index contributed by atoms with van der Waals surface area (Å²) in [6, 6.07) is 6.70. The van der Waals surface area contributed by atoms with Gasteiger partial charge in [-0.05, 0) is 30.3 Å². The number of hydrogen-bond donors (Lipinski definition) is 3. The van der Waals surface area contributed by atoms with E-state index in [0.717, 1.165) is 6.20 Å². The molecule has 0 spiro atoms. The molecular formula is C14H13N3O5S. The van der Waals surface area contributed by atoms with Gasteiger partial charge in [0.1, 0.15) is 0 Å². The second-order valence-corrected chi connectivity index (χ2v) is 6.26. The van der Waals surface area contributed by atoms with E-state index in [1.165, 1.54) is 43.5 Å². The smallest absolute Gasteiger partial charge is 0.337 e. The van der Waals surface area contributed by atoms with E-state index in [9.17, 15) is 18.0 Å². The molecule has 23 heavy (non-hydrogen) atoms.